The van der Waals surface area contributed by atoms with E-state index in [0.29, 0.717) is 5.82 Å². The molecule has 3 aromatic rings. The van der Waals surface area contributed by atoms with Crippen molar-refractivity contribution >= 4 is 23.4 Å². The molecule has 0 aliphatic rings. The normalized spacial score (nSPS) is 11.0. The highest BCUT2D eigenvalue weighted by molar-refractivity contribution is 7.13. The van der Waals surface area contributed by atoms with Gasteiger partial charge in [0.05, 0.1) is 4.88 Å². The van der Waals surface area contributed by atoms with Crippen molar-refractivity contribution in [3.05, 3.63) is 64.9 Å². The van der Waals surface area contributed by atoms with E-state index in [1.807, 2.05) is 48.7 Å². The molecule has 0 unspecified atom stereocenters. The van der Waals surface area contributed by atoms with Crippen LogP contribution in [0.25, 0.3) is 16.8 Å². The predicted molar refractivity (Wildman–Crippen MR) is 87.6 cm³/mol. The van der Waals surface area contributed by atoms with E-state index in [1.165, 1.54) is 23.0 Å². The Balaban J connectivity index is 1.54. The third kappa shape index (κ3) is 4.14. The van der Waals surface area contributed by atoms with Gasteiger partial charge in [-0.05, 0) is 30.0 Å². The first-order valence-corrected chi connectivity index (χ1v) is 7.86. The molecular formula is C17H14N2O3S. The fourth-order valence-electron chi connectivity index (χ4n) is 1.84. The lowest BCUT2D eigenvalue weighted by atomic mass is 10.1. The minimum Gasteiger partial charge on any atom is -0.452 e. The van der Waals surface area contributed by atoms with Crippen LogP contribution in [0.1, 0.15) is 17.0 Å². The van der Waals surface area contributed by atoms with Crippen LogP contribution in [0, 0.1) is 6.92 Å². The van der Waals surface area contributed by atoms with Crippen molar-refractivity contribution in [3.63, 3.8) is 0 Å². The van der Waals surface area contributed by atoms with Gasteiger partial charge in [0.25, 0.3) is 5.89 Å². The number of carbonyl (C=O) groups excluding carboxylic acids is 1. The zero-order valence-corrected chi connectivity index (χ0v) is 13.2. The Morgan fingerprint density at radius 3 is 2.87 bits per heavy atom. The molecule has 0 bridgehead atoms. The van der Waals surface area contributed by atoms with Gasteiger partial charge in [-0.2, -0.15) is 4.98 Å². The van der Waals surface area contributed by atoms with Gasteiger partial charge in [0.2, 0.25) is 5.82 Å². The Kier molecular flexibility index (Phi) is 4.63. The van der Waals surface area contributed by atoms with Crippen LogP contribution >= 0.6 is 11.3 Å². The number of ether oxygens (including phenoxy) is 1. The third-order valence-electron chi connectivity index (χ3n) is 3.04. The summed E-state index contributed by atoms with van der Waals surface area (Å²) in [6.07, 6.45) is 3.08. The lowest BCUT2D eigenvalue weighted by Crippen LogP contribution is -2.00. The molecule has 0 amide bonds. The molecule has 6 heteroatoms. The first-order chi connectivity index (χ1) is 11.2. The van der Waals surface area contributed by atoms with Crippen molar-refractivity contribution in [1.82, 2.24) is 10.1 Å². The molecule has 0 atom stereocenters. The number of esters is 1. The van der Waals surface area contributed by atoms with Crippen LogP contribution in [0.2, 0.25) is 0 Å². The van der Waals surface area contributed by atoms with Gasteiger partial charge in [-0.25, -0.2) is 4.79 Å². The van der Waals surface area contributed by atoms with Crippen molar-refractivity contribution < 1.29 is 14.1 Å². The van der Waals surface area contributed by atoms with Gasteiger partial charge in [0.15, 0.2) is 6.61 Å². The molecule has 1 aromatic carbocycles. The Morgan fingerprint density at radius 1 is 1.30 bits per heavy atom. The van der Waals surface area contributed by atoms with Crippen LogP contribution in [0.15, 0.2) is 52.4 Å². The Morgan fingerprint density at radius 2 is 2.13 bits per heavy atom. The summed E-state index contributed by atoms with van der Waals surface area (Å²) in [6.45, 7) is 1.96. The van der Waals surface area contributed by atoms with Crippen molar-refractivity contribution in [3.8, 4) is 10.7 Å². The van der Waals surface area contributed by atoms with E-state index in [0.717, 1.165) is 10.4 Å². The standard InChI is InChI=1S/C17H14N2O3S/c1-12-4-6-13(7-5-12)8-9-16(20)21-11-15-18-17(19-22-15)14-3-2-10-23-14/h2-10H,11H2,1H3/b9-8+. The summed E-state index contributed by atoms with van der Waals surface area (Å²) < 4.78 is 10.1. The molecule has 0 N–H and O–H groups in total. The molecule has 23 heavy (non-hydrogen) atoms. The molecule has 0 fully saturated rings. The molecule has 116 valence electrons. The highest BCUT2D eigenvalue weighted by atomic mass is 32.1. The smallest absolute Gasteiger partial charge is 0.331 e. The number of aromatic nitrogens is 2. The highest BCUT2D eigenvalue weighted by Gasteiger charge is 2.10. The lowest BCUT2D eigenvalue weighted by molar-refractivity contribution is -0.139. The average molecular weight is 326 g/mol. The van der Waals surface area contributed by atoms with Gasteiger partial charge in [0.1, 0.15) is 0 Å². The van der Waals surface area contributed by atoms with Crippen molar-refractivity contribution in [2.45, 2.75) is 13.5 Å². The summed E-state index contributed by atoms with van der Waals surface area (Å²) in [5, 5.41) is 5.79. The number of rotatable bonds is 5. The van der Waals surface area contributed by atoms with Gasteiger partial charge < -0.3 is 9.26 Å². The van der Waals surface area contributed by atoms with Crippen molar-refractivity contribution in [1.29, 1.82) is 0 Å². The molecule has 2 heterocycles. The molecule has 0 aliphatic carbocycles. The fraction of sp³-hybridized carbons (Fsp3) is 0.118. The van der Waals surface area contributed by atoms with E-state index in [1.54, 1.807) is 6.08 Å². The topological polar surface area (TPSA) is 65.2 Å². The summed E-state index contributed by atoms with van der Waals surface area (Å²) in [4.78, 5) is 16.8. The van der Waals surface area contributed by atoms with Crippen molar-refractivity contribution in [2.75, 3.05) is 0 Å². The second-order valence-electron chi connectivity index (χ2n) is 4.84. The maximum Gasteiger partial charge on any atom is 0.331 e. The Labute approximate surface area is 137 Å². The Bertz CT molecular complexity index is 805. The van der Waals surface area contributed by atoms with E-state index < -0.39 is 5.97 Å². The van der Waals surface area contributed by atoms with E-state index in [-0.39, 0.29) is 12.5 Å². The lowest BCUT2D eigenvalue weighted by Gasteiger charge is -1.97. The number of thiophene rings is 1. The first kappa shape index (κ1) is 15.2. The predicted octanol–water partition coefficient (Wildman–Crippen LogP) is 3.86. The largest absolute Gasteiger partial charge is 0.452 e. The Hall–Kier alpha value is -2.73. The van der Waals surface area contributed by atoms with Gasteiger partial charge in [-0.15, -0.1) is 11.3 Å². The number of benzene rings is 1. The van der Waals surface area contributed by atoms with Crippen LogP contribution in [-0.4, -0.2) is 16.1 Å². The summed E-state index contributed by atoms with van der Waals surface area (Å²) >= 11 is 1.52. The van der Waals surface area contributed by atoms with Gasteiger partial charge >= 0.3 is 5.97 Å². The molecule has 0 saturated heterocycles. The maximum atomic E-state index is 11.7. The SMILES string of the molecule is Cc1ccc(/C=C/C(=O)OCc2nc(-c3cccs3)no2)cc1. The second kappa shape index (κ2) is 7.02. The number of nitrogens with zero attached hydrogens (tertiary/aromatic N) is 2. The van der Waals surface area contributed by atoms with E-state index >= 15 is 0 Å². The summed E-state index contributed by atoms with van der Waals surface area (Å²) in [5.41, 5.74) is 2.10. The number of hydrogen-bond acceptors (Lipinski definition) is 6. The van der Waals surface area contributed by atoms with Crippen LogP contribution < -0.4 is 0 Å². The van der Waals surface area contributed by atoms with Gasteiger partial charge in [0, 0.05) is 6.08 Å². The first-order valence-electron chi connectivity index (χ1n) is 6.99. The minimum atomic E-state index is -0.457. The summed E-state index contributed by atoms with van der Waals surface area (Å²) in [6, 6.07) is 11.6. The summed E-state index contributed by atoms with van der Waals surface area (Å²) in [7, 11) is 0. The maximum absolute atomic E-state index is 11.7. The average Bonchev–Trinajstić information content (AvgIpc) is 3.23. The number of carbonyl (C=O) groups is 1. The fourth-order valence-corrected chi connectivity index (χ4v) is 2.49. The zero-order chi connectivity index (χ0) is 16.1. The van der Waals surface area contributed by atoms with E-state index in [4.69, 9.17) is 9.26 Å². The van der Waals surface area contributed by atoms with Crippen LogP contribution in [0.3, 0.4) is 0 Å². The zero-order valence-electron chi connectivity index (χ0n) is 12.4. The molecule has 3 rings (SSSR count). The molecule has 0 radical (unpaired) electrons. The minimum absolute atomic E-state index is 0.0462. The second-order valence-corrected chi connectivity index (χ2v) is 5.79. The van der Waals surface area contributed by atoms with Crippen LogP contribution in [0.5, 0.6) is 0 Å². The third-order valence-corrected chi connectivity index (χ3v) is 3.90. The molecule has 5 nitrogen and oxygen atoms in total. The number of aryl methyl sites for hydroxylation is 1. The monoisotopic (exact) mass is 326 g/mol. The molecular weight excluding hydrogens is 312 g/mol. The van der Waals surface area contributed by atoms with Crippen LogP contribution in [0.4, 0.5) is 0 Å². The molecule has 0 saturated carbocycles. The van der Waals surface area contributed by atoms with Crippen molar-refractivity contribution in [2.24, 2.45) is 0 Å². The molecule has 0 spiro atoms. The van der Waals surface area contributed by atoms with Gasteiger partial charge in [-0.1, -0.05) is 41.1 Å². The van der Waals surface area contributed by atoms with E-state index in [2.05, 4.69) is 10.1 Å². The highest BCUT2D eigenvalue weighted by Crippen LogP contribution is 2.21. The van der Waals surface area contributed by atoms with E-state index in [9.17, 15) is 4.79 Å². The van der Waals surface area contributed by atoms with Crippen LogP contribution in [-0.2, 0) is 16.1 Å². The molecule has 2 aromatic heterocycles. The molecule has 0 aliphatic heterocycles. The quantitative estimate of drug-likeness (QED) is 0.526. The summed E-state index contributed by atoms with van der Waals surface area (Å²) in [5.74, 6) is 0.313. The van der Waals surface area contributed by atoms with Gasteiger partial charge in [-0.3, -0.25) is 0 Å². The number of hydrogen-bond donors (Lipinski definition) is 0.